The zero-order valence-electron chi connectivity index (χ0n) is 8.57. The van der Waals surface area contributed by atoms with E-state index in [9.17, 15) is 18.6 Å². The summed E-state index contributed by atoms with van der Waals surface area (Å²) in [7, 11) is -2.95. The van der Waals surface area contributed by atoms with Crippen LogP contribution in [0.15, 0.2) is 0 Å². The molecule has 15 heavy (non-hydrogen) atoms. The summed E-state index contributed by atoms with van der Waals surface area (Å²) in [6.45, 7) is 0.766. The first-order chi connectivity index (χ1) is 6.93. The third kappa shape index (κ3) is 1.69. The van der Waals surface area contributed by atoms with Crippen molar-refractivity contribution < 1.29 is 18.6 Å². The molecule has 0 unspecified atom stereocenters. The van der Waals surface area contributed by atoms with Gasteiger partial charge in [0, 0.05) is 18.5 Å². The second-order valence-corrected chi connectivity index (χ2v) is 7.03. The highest BCUT2D eigenvalue weighted by Gasteiger charge is 2.55. The molecule has 2 aliphatic rings. The number of nitrogens with one attached hydrogen (secondary N) is 1. The van der Waals surface area contributed by atoms with E-state index in [1.54, 1.807) is 0 Å². The van der Waals surface area contributed by atoms with Crippen LogP contribution in [-0.4, -0.2) is 55.4 Å². The van der Waals surface area contributed by atoms with Gasteiger partial charge in [-0.15, -0.1) is 0 Å². The van der Waals surface area contributed by atoms with E-state index in [0.29, 0.717) is 25.9 Å². The molecule has 0 aromatic carbocycles. The summed E-state index contributed by atoms with van der Waals surface area (Å²) in [4.78, 5) is 0. The maximum absolute atomic E-state index is 11.3. The van der Waals surface area contributed by atoms with Crippen molar-refractivity contribution in [2.24, 2.45) is 5.41 Å². The van der Waals surface area contributed by atoms with Crippen molar-refractivity contribution >= 4 is 9.84 Å². The Morgan fingerprint density at radius 3 is 2.07 bits per heavy atom. The van der Waals surface area contributed by atoms with E-state index in [-0.39, 0.29) is 18.1 Å². The van der Waals surface area contributed by atoms with Gasteiger partial charge in [0.1, 0.15) is 9.84 Å². The lowest BCUT2D eigenvalue weighted by molar-refractivity contribution is -0.144. The fraction of sp³-hybridized carbons (Fsp3) is 1.00. The zero-order chi connectivity index (χ0) is 11.2. The average Bonchev–Trinajstić information content (AvgIpc) is 2.15. The molecule has 0 radical (unpaired) electrons. The van der Waals surface area contributed by atoms with Crippen molar-refractivity contribution in [3.63, 3.8) is 0 Å². The van der Waals surface area contributed by atoms with Gasteiger partial charge in [0.05, 0.1) is 23.7 Å². The molecule has 2 rings (SSSR count). The van der Waals surface area contributed by atoms with E-state index < -0.39 is 20.9 Å². The third-order valence-electron chi connectivity index (χ3n) is 3.91. The lowest BCUT2D eigenvalue weighted by Crippen LogP contribution is -2.70. The molecule has 88 valence electrons. The van der Waals surface area contributed by atoms with E-state index in [4.69, 9.17) is 0 Å². The normalized spacial score (nSPS) is 31.9. The minimum atomic E-state index is -2.95. The monoisotopic (exact) mass is 235 g/mol. The Kier molecular flexibility index (Phi) is 2.57. The summed E-state index contributed by atoms with van der Waals surface area (Å²) < 4.78 is 22.6. The van der Waals surface area contributed by atoms with Gasteiger partial charge < -0.3 is 15.5 Å². The van der Waals surface area contributed by atoms with Crippen molar-refractivity contribution in [3.05, 3.63) is 0 Å². The van der Waals surface area contributed by atoms with Crippen molar-refractivity contribution in [3.8, 4) is 0 Å². The van der Waals surface area contributed by atoms with Crippen molar-refractivity contribution in [2.75, 3.05) is 31.2 Å². The maximum atomic E-state index is 11.3. The molecule has 0 spiro atoms. The standard InChI is InChI=1S/C9H17NO4S/c11-7-8(9(12)5-10-6-9)1-3-15(13,14)4-2-8/h10-12H,1-7H2. The van der Waals surface area contributed by atoms with Crippen LogP contribution >= 0.6 is 0 Å². The van der Waals surface area contributed by atoms with Crippen LogP contribution in [-0.2, 0) is 9.84 Å². The Labute approximate surface area is 89.4 Å². The highest BCUT2D eigenvalue weighted by atomic mass is 32.2. The van der Waals surface area contributed by atoms with Crippen LogP contribution in [0, 0.1) is 5.41 Å². The van der Waals surface area contributed by atoms with Gasteiger partial charge in [0.2, 0.25) is 0 Å². The predicted molar refractivity (Wildman–Crippen MR) is 55.2 cm³/mol. The lowest BCUT2D eigenvalue weighted by atomic mass is 9.65. The molecule has 0 aliphatic carbocycles. The summed E-state index contributed by atoms with van der Waals surface area (Å²) in [6.07, 6.45) is 0.730. The van der Waals surface area contributed by atoms with Gasteiger partial charge in [-0.3, -0.25) is 0 Å². The van der Waals surface area contributed by atoms with Crippen LogP contribution in [0.4, 0.5) is 0 Å². The van der Waals surface area contributed by atoms with E-state index in [2.05, 4.69) is 5.32 Å². The second-order valence-electron chi connectivity index (χ2n) is 4.73. The minimum absolute atomic E-state index is 0.0792. The molecule has 5 nitrogen and oxygen atoms in total. The quantitative estimate of drug-likeness (QED) is 0.543. The fourth-order valence-electron chi connectivity index (χ4n) is 2.44. The van der Waals surface area contributed by atoms with E-state index in [0.717, 1.165) is 0 Å². The lowest BCUT2D eigenvalue weighted by Gasteiger charge is -2.53. The number of hydrogen-bond acceptors (Lipinski definition) is 5. The van der Waals surface area contributed by atoms with E-state index in [1.807, 2.05) is 0 Å². The molecule has 0 amide bonds. The number of aliphatic hydroxyl groups is 2. The van der Waals surface area contributed by atoms with Crippen molar-refractivity contribution in [1.82, 2.24) is 5.32 Å². The number of sulfone groups is 1. The molecule has 3 N–H and O–H groups in total. The van der Waals surface area contributed by atoms with Crippen LogP contribution in [0.5, 0.6) is 0 Å². The van der Waals surface area contributed by atoms with Gasteiger partial charge >= 0.3 is 0 Å². The molecule has 6 heteroatoms. The van der Waals surface area contributed by atoms with Gasteiger partial charge in [-0.05, 0) is 12.8 Å². The summed E-state index contributed by atoms with van der Waals surface area (Å²) in [5, 5.41) is 22.6. The van der Waals surface area contributed by atoms with Crippen molar-refractivity contribution in [1.29, 1.82) is 0 Å². The Hall–Kier alpha value is -0.170. The topological polar surface area (TPSA) is 86.6 Å². The van der Waals surface area contributed by atoms with Gasteiger partial charge in [-0.2, -0.15) is 0 Å². The van der Waals surface area contributed by atoms with Gasteiger partial charge in [0.15, 0.2) is 0 Å². The Morgan fingerprint density at radius 1 is 1.20 bits per heavy atom. The number of hydrogen-bond donors (Lipinski definition) is 3. The molecule has 0 atom stereocenters. The number of β-amino-alcohol motifs (C(OH)–C–C–N with tert-alkyl or cyclic N) is 1. The molecule has 0 saturated carbocycles. The predicted octanol–water partition coefficient (Wildman–Crippen LogP) is -1.49. The molecule has 2 aliphatic heterocycles. The number of aliphatic hydroxyl groups excluding tert-OH is 1. The first kappa shape index (κ1) is 11.3. The van der Waals surface area contributed by atoms with Crippen LogP contribution in [0.25, 0.3) is 0 Å². The molecule has 2 heterocycles. The minimum Gasteiger partial charge on any atom is -0.396 e. The summed E-state index contributed by atoms with van der Waals surface area (Å²) in [6, 6.07) is 0. The van der Waals surface area contributed by atoms with Gasteiger partial charge in [-0.1, -0.05) is 0 Å². The fourth-order valence-corrected chi connectivity index (χ4v) is 4.04. The zero-order valence-corrected chi connectivity index (χ0v) is 9.39. The summed E-state index contributed by atoms with van der Waals surface area (Å²) in [5.41, 5.74) is -1.54. The van der Waals surface area contributed by atoms with Crippen LogP contribution in [0.3, 0.4) is 0 Å². The Balaban J connectivity index is 2.18. The van der Waals surface area contributed by atoms with Crippen molar-refractivity contribution in [2.45, 2.75) is 18.4 Å². The second kappa shape index (κ2) is 3.41. The van der Waals surface area contributed by atoms with Crippen LogP contribution < -0.4 is 5.32 Å². The Bertz CT molecular complexity index is 333. The van der Waals surface area contributed by atoms with Crippen LogP contribution in [0.1, 0.15) is 12.8 Å². The molecular weight excluding hydrogens is 218 g/mol. The molecular formula is C9H17NO4S. The van der Waals surface area contributed by atoms with Crippen LogP contribution in [0.2, 0.25) is 0 Å². The van der Waals surface area contributed by atoms with Gasteiger partial charge in [0.25, 0.3) is 0 Å². The molecule has 2 saturated heterocycles. The van der Waals surface area contributed by atoms with Gasteiger partial charge in [-0.25, -0.2) is 8.42 Å². The maximum Gasteiger partial charge on any atom is 0.150 e. The molecule has 0 aromatic rings. The SMILES string of the molecule is O=S1(=O)CCC(CO)(C2(O)CNC2)CC1. The summed E-state index contributed by atoms with van der Waals surface area (Å²) >= 11 is 0. The highest BCUT2D eigenvalue weighted by molar-refractivity contribution is 7.91. The number of rotatable bonds is 2. The largest absolute Gasteiger partial charge is 0.396 e. The first-order valence-electron chi connectivity index (χ1n) is 5.18. The molecule has 2 fully saturated rings. The third-order valence-corrected chi connectivity index (χ3v) is 5.56. The Morgan fingerprint density at radius 2 is 1.73 bits per heavy atom. The highest BCUT2D eigenvalue weighted by Crippen LogP contribution is 2.43. The van der Waals surface area contributed by atoms with E-state index in [1.165, 1.54) is 0 Å². The molecule has 0 bridgehead atoms. The summed E-state index contributed by atoms with van der Waals surface area (Å²) in [5.74, 6) is 0.158. The average molecular weight is 235 g/mol. The van der Waals surface area contributed by atoms with E-state index >= 15 is 0 Å². The molecule has 0 aromatic heterocycles. The smallest absolute Gasteiger partial charge is 0.150 e. The first-order valence-corrected chi connectivity index (χ1v) is 7.00.